The van der Waals surface area contributed by atoms with Gasteiger partial charge >= 0.3 is 0 Å². The minimum Gasteiger partial charge on any atom is -0.339 e. The maximum Gasteiger partial charge on any atom is 0.254 e. The van der Waals surface area contributed by atoms with Crippen LogP contribution in [0, 0.1) is 5.92 Å². The van der Waals surface area contributed by atoms with Crippen LogP contribution in [0.5, 0.6) is 0 Å². The number of halogens is 1. The minimum absolute atomic E-state index is 0. The predicted octanol–water partition coefficient (Wildman–Crippen LogP) is 0.652. The third-order valence-corrected chi connectivity index (χ3v) is 5.43. The van der Waals surface area contributed by atoms with Crippen molar-refractivity contribution >= 4 is 34.1 Å². The van der Waals surface area contributed by atoms with E-state index < -0.39 is 9.84 Å². The maximum atomic E-state index is 12.6. The molecule has 1 aliphatic rings. The molecule has 1 unspecified atom stereocenters. The van der Waals surface area contributed by atoms with E-state index in [2.05, 4.69) is 5.32 Å². The molecule has 2 amide bonds. The molecule has 0 bridgehead atoms. The first kappa shape index (κ1) is 22.4. The van der Waals surface area contributed by atoms with Crippen molar-refractivity contribution in [3.8, 4) is 0 Å². The fourth-order valence-corrected chi connectivity index (χ4v) is 3.54. The highest BCUT2D eigenvalue weighted by molar-refractivity contribution is 7.90. The van der Waals surface area contributed by atoms with Gasteiger partial charge in [0, 0.05) is 50.5 Å². The van der Waals surface area contributed by atoms with E-state index in [1.54, 1.807) is 21.9 Å². The summed E-state index contributed by atoms with van der Waals surface area (Å²) in [6.07, 6.45) is 1.12. The topological polar surface area (TPSA) is 86.8 Å². The van der Waals surface area contributed by atoms with Gasteiger partial charge in [-0.3, -0.25) is 9.59 Å². The van der Waals surface area contributed by atoms with Crippen molar-refractivity contribution in [1.29, 1.82) is 0 Å². The van der Waals surface area contributed by atoms with Crippen molar-refractivity contribution in [1.82, 2.24) is 15.1 Å². The van der Waals surface area contributed by atoms with Crippen LogP contribution in [-0.4, -0.2) is 76.1 Å². The number of nitrogens with zero attached hydrogens (tertiary/aromatic N) is 2. The second kappa shape index (κ2) is 9.34. The van der Waals surface area contributed by atoms with Crippen LogP contribution in [0.15, 0.2) is 29.2 Å². The van der Waals surface area contributed by atoms with E-state index in [9.17, 15) is 18.0 Å². The molecule has 1 saturated heterocycles. The van der Waals surface area contributed by atoms with E-state index in [0.29, 0.717) is 38.3 Å². The summed E-state index contributed by atoms with van der Waals surface area (Å²) >= 11 is 0. The molecule has 0 radical (unpaired) electrons. The average molecular weight is 404 g/mol. The Morgan fingerprint density at radius 2 is 1.73 bits per heavy atom. The van der Waals surface area contributed by atoms with Crippen LogP contribution < -0.4 is 5.32 Å². The molecule has 1 aromatic rings. The molecule has 0 aromatic heterocycles. The first-order valence-electron chi connectivity index (χ1n) is 8.27. The van der Waals surface area contributed by atoms with E-state index in [-0.39, 0.29) is 35.0 Å². The zero-order chi connectivity index (χ0) is 18.6. The van der Waals surface area contributed by atoms with Gasteiger partial charge in [0.05, 0.1) is 4.90 Å². The second-order valence-electron chi connectivity index (χ2n) is 6.38. The van der Waals surface area contributed by atoms with Crippen LogP contribution in [0.4, 0.5) is 0 Å². The molecule has 146 valence electrons. The van der Waals surface area contributed by atoms with Crippen LogP contribution in [0.3, 0.4) is 0 Å². The number of benzene rings is 1. The summed E-state index contributed by atoms with van der Waals surface area (Å²) in [5.41, 5.74) is 0.353. The maximum absolute atomic E-state index is 12.6. The third kappa shape index (κ3) is 5.43. The van der Waals surface area contributed by atoms with Crippen molar-refractivity contribution in [3.63, 3.8) is 0 Å². The van der Waals surface area contributed by atoms with Crippen LogP contribution in [0.25, 0.3) is 0 Å². The molecule has 1 N–H and O–H groups in total. The number of sulfone groups is 1. The highest BCUT2D eigenvalue weighted by atomic mass is 35.5. The third-order valence-electron chi connectivity index (χ3n) is 4.32. The average Bonchev–Trinajstić information content (AvgIpc) is 2.60. The lowest BCUT2D eigenvalue weighted by molar-refractivity contribution is -0.136. The van der Waals surface area contributed by atoms with Gasteiger partial charge < -0.3 is 15.1 Å². The molecule has 1 aromatic carbocycles. The summed E-state index contributed by atoms with van der Waals surface area (Å²) in [6.45, 7) is 4.37. The zero-order valence-electron chi connectivity index (χ0n) is 15.3. The van der Waals surface area contributed by atoms with Gasteiger partial charge in [-0.15, -0.1) is 12.4 Å². The summed E-state index contributed by atoms with van der Waals surface area (Å²) in [6, 6.07) is 6.07. The van der Waals surface area contributed by atoms with Crippen molar-refractivity contribution in [2.24, 2.45) is 5.92 Å². The lowest BCUT2D eigenvalue weighted by atomic mass is 10.1. The Morgan fingerprint density at radius 1 is 1.15 bits per heavy atom. The number of hydrogen-bond donors (Lipinski definition) is 1. The molecule has 7 nitrogen and oxygen atoms in total. The van der Waals surface area contributed by atoms with Gasteiger partial charge in [-0.2, -0.15) is 0 Å². The van der Waals surface area contributed by atoms with Crippen molar-refractivity contribution in [2.45, 2.75) is 11.8 Å². The van der Waals surface area contributed by atoms with Gasteiger partial charge in [0.1, 0.15) is 0 Å². The Labute approximate surface area is 161 Å². The zero-order valence-corrected chi connectivity index (χ0v) is 16.9. The van der Waals surface area contributed by atoms with Crippen molar-refractivity contribution in [2.75, 3.05) is 46.0 Å². The number of carbonyl (C=O) groups excluding carboxylic acids is 2. The number of carbonyl (C=O) groups is 2. The Balaban J connectivity index is 0.00000338. The molecule has 0 spiro atoms. The van der Waals surface area contributed by atoms with Gasteiger partial charge in [-0.25, -0.2) is 8.42 Å². The van der Waals surface area contributed by atoms with Crippen LogP contribution in [0.1, 0.15) is 17.3 Å². The van der Waals surface area contributed by atoms with Crippen LogP contribution in [-0.2, 0) is 14.6 Å². The normalized spacial score (nSPS) is 16.0. The molecular weight excluding hydrogens is 378 g/mol. The van der Waals surface area contributed by atoms with Crippen LogP contribution >= 0.6 is 12.4 Å². The Kier molecular flexibility index (Phi) is 8.05. The molecular formula is C17H26ClN3O4S. The lowest BCUT2D eigenvalue weighted by Crippen LogP contribution is -2.52. The van der Waals surface area contributed by atoms with Gasteiger partial charge in [0.2, 0.25) is 5.91 Å². The van der Waals surface area contributed by atoms with Gasteiger partial charge in [-0.05, 0) is 25.2 Å². The lowest BCUT2D eigenvalue weighted by Gasteiger charge is -2.36. The van der Waals surface area contributed by atoms with E-state index in [1.165, 1.54) is 12.1 Å². The smallest absolute Gasteiger partial charge is 0.254 e. The number of hydrogen-bond acceptors (Lipinski definition) is 5. The molecule has 2 rings (SSSR count). The van der Waals surface area contributed by atoms with E-state index >= 15 is 0 Å². The van der Waals surface area contributed by atoms with Crippen LogP contribution in [0.2, 0.25) is 0 Å². The highest BCUT2D eigenvalue weighted by Crippen LogP contribution is 2.15. The summed E-state index contributed by atoms with van der Waals surface area (Å²) < 4.78 is 23.3. The van der Waals surface area contributed by atoms with Crippen molar-refractivity contribution < 1.29 is 18.0 Å². The van der Waals surface area contributed by atoms with Gasteiger partial charge in [0.25, 0.3) is 5.91 Å². The largest absolute Gasteiger partial charge is 0.339 e. The number of piperazine rings is 1. The summed E-state index contributed by atoms with van der Waals surface area (Å²) in [4.78, 5) is 28.5. The van der Waals surface area contributed by atoms with E-state index in [1.807, 2.05) is 14.0 Å². The van der Waals surface area contributed by atoms with E-state index in [0.717, 1.165) is 6.26 Å². The van der Waals surface area contributed by atoms with Crippen molar-refractivity contribution in [3.05, 3.63) is 29.8 Å². The molecule has 1 aliphatic heterocycles. The minimum atomic E-state index is -3.35. The predicted molar refractivity (Wildman–Crippen MR) is 102 cm³/mol. The SMILES string of the molecule is CNCC(C)C(=O)N1CCN(C(=O)c2cccc(S(C)(=O)=O)c2)CC1.Cl. The molecule has 1 heterocycles. The molecule has 1 atom stereocenters. The van der Waals surface area contributed by atoms with Gasteiger partial charge in [0.15, 0.2) is 9.84 Å². The summed E-state index contributed by atoms with van der Waals surface area (Å²) in [7, 11) is -1.54. The molecule has 26 heavy (non-hydrogen) atoms. The van der Waals surface area contributed by atoms with Gasteiger partial charge in [-0.1, -0.05) is 13.0 Å². The second-order valence-corrected chi connectivity index (χ2v) is 8.39. The number of nitrogens with one attached hydrogen (secondary N) is 1. The Hall–Kier alpha value is -1.64. The monoisotopic (exact) mass is 403 g/mol. The molecule has 0 saturated carbocycles. The first-order valence-corrected chi connectivity index (χ1v) is 10.2. The summed E-state index contributed by atoms with van der Waals surface area (Å²) in [5.74, 6) is -0.222. The van der Waals surface area contributed by atoms with E-state index in [4.69, 9.17) is 0 Å². The fraction of sp³-hybridized carbons (Fsp3) is 0.529. The molecule has 1 fully saturated rings. The highest BCUT2D eigenvalue weighted by Gasteiger charge is 2.27. The number of rotatable bonds is 5. The Morgan fingerprint density at radius 3 is 2.27 bits per heavy atom. The summed E-state index contributed by atoms with van der Waals surface area (Å²) in [5, 5.41) is 2.99. The number of amides is 2. The molecule has 0 aliphatic carbocycles. The standard InChI is InChI=1S/C17H25N3O4S.ClH/c1-13(12-18-2)16(21)19-7-9-20(10-8-19)17(22)14-5-4-6-15(11-14)25(3,23)24;/h4-6,11,13,18H,7-10,12H2,1-3H3;1H. The first-order chi connectivity index (χ1) is 11.7. The Bertz CT molecular complexity index is 746. The molecule has 9 heteroatoms. The quantitative estimate of drug-likeness (QED) is 0.780. The fourth-order valence-electron chi connectivity index (χ4n) is 2.88.